The van der Waals surface area contributed by atoms with Gasteiger partial charge < -0.3 is 10.6 Å². The smallest absolute Gasteiger partial charge is 0.0523 e. The minimum Gasteiger partial charge on any atom is -0.317 e. The van der Waals surface area contributed by atoms with Crippen LogP contribution in [0.15, 0.2) is 0 Å². The van der Waals surface area contributed by atoms with Crippen molar-refractivity contribution in [2.75, 3.05) is 19.0 Å². The highest BCUT2D eigenvalue weighted by Gasteiger charge is 2.10. The molecule has 0 amide bonds. The second-order valence-electron chi connectivity index (χ2n) is 2.50. The summed E-state index contributed by atoms with van der Waals surface area (Å²) in [6, 6.07) is 0.723. The van der Waals surface area contributed by atoms with Gasteiger partial charge in [-0.05, 0) is 25.9 Å². The molecule has 0 aromatic heterocycles. The van der Waals surface area contributed by atoms with Crippen LogP contribution in [0, 0.1) is 0 Å². The van der Waals surface area contributed by atoms with Gasteiger partial charge in [-0.15, -0.1) is 11.7 Å². The van der Waals surface area contributed by atoms with E-state index >= 15 is 0 Å². The lowest BCUT2D eigenvalue weighted by molar-refractivity contribution is 0.406. The zero-order valence-corrected chi connectivity index (χ0v) is 7.68. The first-order valence-corrected chi connectivity index (χ1v) is 5.68. The topological polar surface area (TPSA) is 24.1 Å². The van der Waals surface area contributed by atoms with Gasteiger partial charge in [-0.3, -0.25) is 0 Å². The molecule has 0 radical (unpaired) electrons. The summed E-state index contributed by atoms with van der Waals surface area (Å²) in [6.45, 7) is 2.32. The van der Waals surface area contributed by atoms with Crippen LogP contribution in [0.25, 0.3) is 0 Å². The van der Waals surface area contributed by atoms with Gasteiger partial charge in [-0.2, -0.15) is 0 Å². The van der Waals surface area contributed by atoms with Gasteiger partial charge in [0.05, 0.1) is 5.88 Å². The van der Waals surface area contributed by atoms with Crippen molar-refractivity contribution in [3.05, 3.63) is 0 Å². The summed E-state index contributed by atoms with van der Waals surface area (Å²) < 4.78 is 0. The minimum atomic E-state index is 0.723. The molecular formula is C6H14N2S2. The first kappa shape index (κ1) is 8.71. The van der Waals surface area contributed by atoms with Crippen LogP contribution < -0.4 is 10.6 Å². The molecule has 1 aliphatic rings. The summed E-state index contributed by atoms with van der Waals surface area (Å²) in [5.41, 5.74) is 0. The third-order valence-electron chi connectivity index (χ3n) is 1.78. The number of nitrogens with one attached hydrogen (secondary N) is 2. The molecular weight excluding hydrogens is 164 g/mol. The fourth-order valence-corrected chi connectivity index (χ4v) is 1.72. The zero-order valence-electron chi connectivity index (χ0n) is 5.97. The third kappa shape index (κ3) is 3.14. The Morgan fingerprint density at radius 2 is 2.20 bits per heavy atom. The Morgan fingerprint density at radius 3 is 2.80 bits per heavy atom. The molecule has 1 aliphatic heterocycles. The Labute approximate surface area is 71.3 Å². The number of hydrogen-bond acceptors (Lipinski definition) is 4. The lowest BCUT2D eigenvalue weighted by Crippen LogP contribution is -2.39. The molecule has 4 heteroatoms. The summed E-state index contributed by atoms with van der Waals surface area (Å²) in [7, 11) is 1.56. The second-order valence-corrected chi connectivity index (χ2v) is 3.82. The maximum absolute atomic E-state index is 4.06. The summed E-state index contributed by atoms with van der Waals surface area (Å²) in [6.07, 6.45) is 2.52. The molecule has 1 saturated heterocycles. The predicted octanol–water partition coefficient (Wildman–Crippen LogP) is 0.864. The van der Waals surface area contributed by atoms with Crippen molar-refractivity contribution in [2.45, 2.75) is 18.9 Å². The Morgan fingerprint density at radius 1 is 1.50 bits per heavy atom. The first-order chi connectivity index (χ1) is 4.93. The molecule has 0 saturated carbocycles. The van der Waals surface area contributed by atoms with Crippen molar-refractivity contribution >= 4 is 22.5 Å². The van der Waals surface area contributed by atoms with E-state index in [0.29, 0.717) is 0 Å². The van der Waals surface area contributed by atoms with Crippen molar-refractivity contribution in [2.24, 2.45) is 0 Å². The van der Waals surface area contributed by atoms with E-state index in [9.17, 15) is 0 Å². The molecule has 2 nitrogen and oxygen atoms in total. The Balaban J connectivity index is 2.02. The zero-order chi connectivity index (χ0) is 7.23. The van der Waals surface area contributed by atoms with E-state index in [1.807, 2.05) is 0 Å². The molecule has 1 heterocycles. The van der Waals surface area contributed by atoms with Crippen molar-refractivity contribution in [3.63, 3.8) is 0 Å². The summed E-state index contributed by atoms with van der Waals surface area (Å²) >= 11 is 4.06. The number of thiol groups is 1. The van der Waals surface area contributed by atoms with Crippen LogP contribution >= 0.6 is 22.5 Å². The molecule has 60 valence electrons. The van der Waals surface area contributed by atoms with Crippen LogP contribution in [0.3, 0.4) is 0 Å². The van der Waals surface area contributed by atoms with Crippen LogP contribution in [0.5, 0.6) is 0 Å². The van der Waals surface area contributed by atoms with Crippen molar-refractivity contribution in [1.29, 1.82) is 0 Å². The van der Waals surface area contributed by atoms with Gasteiger partial charge in [0.2, 0.25) is 0 Å². The number of rotatable bonds is 3. The van der Waals surface area contributed by atoms with Gasteiger partial charge in [0.25, 0.3) is 0 Å². The van der Waals surface area contributed by atoms with Gasteiger partial charge in [0.1, 0.15) is 0 Å². The van der Waals surface area contributed by atoms with Crippen LogP contribution in [0.4, 0.5) is 0 Å². The van der Waals surface area contributed by atoms with E-state index in [0.717, 1.165) is 25.0 Å². The predicted molar refractivity (Wildman–Crippen MR) is 50.5 cm³/mol. The highest BCUT2D eigenvalue weighted by molar-refractivity contribution is 8.68. The average Bonchev–Trinajstić information content (AvgIpc) is 2.03. The monoisotopic (exact) mass is 178 g/mol. The van der Waals surface area contributed by atoms with Gasteiger partial charge >= 0.3 is 0 Å². The van der Waals surface area contributed by atoms with E-state index < -0.39 is 0 Å². The Bertz CT molecular complexity index is 83.8. The van der Waals surface area contributed by atoms with E-state index in [2.05, 4.69) is 22.3 Å². The fourth-order valence-electron chi connectivity index (χ4n) is 1.18. The van der Waals surface area contributed by atoms with E-state index in [4.69, 9.17) is 0 Å². The van der Waals surface area contributed by atoms with Gasteiger partial charge in [0, 0.05) is 6.04 Å². The summed E-state index contributed by atoms with van der Waals surface area (Å²) in [5.74, 6) is 0.966. The standard InChI is InChI=1S/C6H14N2S2/c9-10-5-8-6-1-3-7-4-2-6/h6-9H,1-5H2. The van der Waals surface area contributed by atoms with Crippen LogP contribution in [0.1, 0.15) is 12.8 Å². The molecule has 0 aromatic rings. The first-order valence-electron chi connectivity index (χ1n) is 3.64. The largest absolute Gasteiger partial charge is 0.317 e. The normalized spacial score (nSPS) is 21.3. The number of hydrogen-bond donors (Lipinski definition) is 3. The molecule has 1 fully saturated rings. The molecule has 0 aromatic carbocycles. The van der Waals surface area contributed by atoms with Gasteiger partial charge in [-0.25, -0.2) is 0 Å². The second kappa shape index (κ2) is 5.29. The van der Waals surface area contributed by atoms with Crippen LogP contribution in [-0.2, 0) is 0 Å². The molecule has 0 atom stereocenters. The highest BCUT2D eigenvalue weighted by Crippen LogP contribution is 2.06. The molecule has 0 unspecified atom stereocenters. The average molecular weight is 178 g/mol. The third-order valence-corrected chi connectivity index (χ3v) is 2.46. The van der Waals surface area contributed by atoms with Crippen LogP contribution in [0.2, 0.25) is 0 Å². The maximum Gasteiger partial charge on any atom is 0.0523 e. The SMILES string of the molecule is SSCNC1CCNCC1. The molecule has 10 heavy (non-hydrogen) atoms. The maximum atomic E-state index is 4.06. The van der Waals surface area contributed by atoms with Crippen LogP contribution in [-0.4, -0.2) is 25.0 Å². The fraction of sp³-hybridized carbons (Fsp3) is 1.00. The van der Waals surface area contributed by atoms with Crippen molar-refractivity contribution in [1.82, 2.24) is 10.6 Å². The lowest BCUT2D eigenvalue weighted by Gasteiger charge is -2.22. The molecule has 0 spiro atoms. The van der Waals surface area contributed by atoms with Crippen molar-refractivity contribution < 1.29 is 0 Å². The summed E-state index contributed by atoms with van der Waals surface area (Å²) in [4.78, 5) is 0. The lowest BCUT2D eigenvalue weighted by atomic mass is 10.1. The van der Waals surface area contributed by atoms with Gasteiger partial charge in [0.15, 0.2) is 0 Å². The van der Waals surface area contributed by atoms with E-state index in [1.54, 1.807) is 10.8 Å². The van der Waals surface area contributed by atoms with E-state index in [1.165, 1.54) is 12.8 Å². The number of piperidine rings is 1. The quantitative estimate of drug-likeness (QED) is 0.339. The molecule has 0 aliphatic carbocycles. The van der Waals surface area contributed by atoms with Crippen molar-refractivity contribution in [3.8, 4) is 0 Å². The molecule has 1 rings (SSSR count). The molecule has 0 bridgehead atoms. The Hall–Kier alpha value is 0.620. The Kier molecular flexibility index (Phi) is 4.61. The molecule has 2 N–H and O–H groups in total. The minimum absolute atomic E-state index is 0.723. The highest BCUT2D eigenvalue weighted by atomic mass is 33.1. The summed E-state index contributed by atoms with van der Waals surface area (Å²) in [5, 5.41) is 6.74. The van der Waals surface area contributed by atoms with Gasteiger partial charge in [-0.1, -0.05) is 10.8 Å². The van der Waals surface area contributed by atoms with E-state index in [-0.39, 0.29) is 0 Å².